The van der Waals surface area contributed by atoms with Gasteiger partial charge in [0, 0.05) is 11.4 Å². The van der Waals surface area contributed by atoms with Crippen molar-refractivity contribution in [3.63, 3.8) is 0 Å². The molecule has 16 heavy (non-hydrogen) atoms. The summed E-state index contributed by atoms with van der Waals surface area (Å²) in [6.07, 6.45) is 2.33. The molecule has 0 aliphatic heterocycles. The van der Waals surface area contributed by atoms with E-state index in [1.54, 1.807) is 0 Å². The summed E-state index contributed by atoms with van der Waals surface area (Å²) in [4.78, 5) is 11.4. The van der Waals surface area contributed by atoms with Crippen LogP contribution < -0.4 is 0 Å². The van der Waals surface area contributed by atoms with Crippen LogP contribution in [0.3, 0.4) is 0 Å². The second-order valence-corrected chi connectivity index (χ2v) is 4.57. The maximum atomic E-state index is 11.4. The number of esters is 1. The molecule has 0 N–H and O–H groups in total. The third kappa shape index (κ3) is 2.38. The molecule has 0 bridgehead atoms. The van der Waals surface area contributed by atoms with Crippen LogP contribution in [0.2, 0.25) is 5.02 Å². The lowest BCUT2D eigenvalue weighted by molar-refractivity contribution is -0.144. The molecule has 3 heteroatoms. The molecule has 2 rings (SSSR count). The first-order chi connectivity index (χ1) is 7.70. The van der Waals surface area contributed by atoms with E-state index in [1.165, 1.54) is 11.1 Å². The van der Waals surface area contributed by atoms with Gasteiger partial charge in [-0.15, -0.1) is 0 Å². The average molecular weight is 239 g/mol. The van der Waals surface area contributed by atoms with Crippen LogP contribution >= 0.6 is 11.6 Å². The van der Waals surface area contributed by atoms with Gasteiger partial charge in [0.05, 0.1) is 6.61 Å². The van der Waals surface area contributed by atoms with Crippen LogP contribution in [0.4, 0.5) is 0 Å². The normalized spacial score (nSPS) is 18.2. The molecule has 1 aromatic carbocycles. The van der Waals surface area contributed by atoms with Crippen LogP contribution in [0.15, 0.2) is 18.2 Å². The second kappa shape index (κ2) is 4.88. The number of benzene rings is 1. The number of halogens is 1. The first-order valence-electron chi connectivity index (χ1n) is 5.62. The molecule has 1 unspecified atom stereocenters. The molecule has 0 radical (unpaired) electrons. The largest absolute Gasteiger partial charge is 0.466 e. The lowest BCUT2D eigenvalue weighted by Crippen LogP contribution is -2.11. The van der Waals surface area contributed by atoms with E-state index in [0.717, 1.165) is 17.9 Å². The minimum absolute atomic E-state index is 0.101. The summed E-state index contributed by atoms with van der Waals surface area (Å²) in [6.45, 7) is 2.29. The van der Waals surface area contributed by atoms with Crippen molar-refractivity contribution in [2.45, 2.75) is 26.2 Å². The van der Waals surface area contributed by atoms with E-state index in [4.69, 9.17) is 16.3 Å². The Morgan fingerprint density at radius 1 is 1.50 bits per heavy atom. The van der Waals surface area contributed by atoms with Gasteiger partial charge in [-0.2, -0.15) is 0 Å². The molecular formula is C13H15ClO2. The van der Waals surface area contributed by atoms with Gasteiger partial charge in [-0.25, -0.2) is 0 Å². The number of carbonyl (C=O) groups excluding carboxylic acids is 1. The van der Waals surface area contributed by atoms with Gasteiger partial charge < -0.3 is 4.74 Å². The minimum Gasteiger partial charge on any atom is -0.466 e. The van der Waals surface area contributed by atoms with E-state index in [2.05, 4.69) is 6.07 Å². The number of hydrogen-bond acceptors (Lipinski definition) is 2. The highest BCUT2D eigenvalue weighted by Crippen LogP contribution is 2.33. The predicted molar refractivity (Wildman–Crippen MR) is 63.6 cm³/mol. The zero-order valence-electron chi connectivity index (χ0n) is 9.33. The van der Waals surface area contributed by atoms with E-state index in [0.29, 0.717) is 18.9 Å². The van der Waals surface area contributed by atoms with Crippen molar-refractivity contribution >= 4 is 17.6 Å². The molecule has 86 valence electrons. The van der Waals surface area contributed by atoms with Gasteiger partial charge in [0.25, 0.3) is 0 Å². The Bertz CT molecular complexity index is 401. The molecule has 0 saturated heterocycles. The molecule has 1 aliphatic carbocycles. The highest BCUT2D eigenvalue weighted by Gasteiger charge is 2.25. The number of hydrogen-bond donors (Lipinski definition) is 0. The van der Waals surface area contributed by atoms with E-state index in [1.807, 2.05) is 19.1 Å². The summed E-state index contributed by atoms with van der Waals surface area (Å²) in [5, 5.41) is 0.823. The van der Waals surface area contributed by atoms with Crippen molar-refractivity contribution in [3.05, 3.63) is 34.3 Å². The monoisotopic (exact) mass is 238 g/mol. The van der Waals surface area contributed by atoms with Gasteiger partial charge in [-0.05, 0) is 42.9 Å². The summed E-state index contributed by atoms with van der Waals surface area (Å²) < 4.78 is 4.96. The maximum absolute atomic E-state index is 11.4. The highest BCUT2D eigenvalue weighted by atomic mass is 35.5. The molecule has 1 aromatic rings. The van der Waals surface area contributed by atoms with E-state index >= 15 is 0 Å². The molecule has 0 fully saturated rings. The van der Waals surface area contributed by atoms with Gasteiger partial charge in [0.1, 0.15) is 0 Å². The fourth-order valence-corrected chi connectivity index (χ4v) is 2.57. The second-order valence-electron chi connectivity index (χ2n) is 4.16. The SMILES string of the molecule is CCOC(=O)CC1Cc2cccc(Cl)c2C1. The fourth-order valence-electron chi connectivity index (χ4n) is 2.29. The highest BCUT2D eigenvalue weighted by molar-refractivity contribution is 6.31. The van der Waals surface area contributed by atoms with Gasteiger partial charge in [-0.1, -0.05) is 23.7 Å². The van der Waals surface area contributed by atoms with E-state index in [-0.39, 0.29) is 5.97 Å². The molecular weight excluding hydrogens is 224 g/mol. The fraction of sp³-hybridized carbons (Fsp3) is 0.462. The summed E-state index contributed by atoms with van der Waals surface area (Å²) in [7, 11) is 0. The summed E-state index contributed by atoms with van der Waals surface area (Å²) in [5.41, 5.74) is 2.49. The van der Waals surface area contributed by atoms with Crippen LogP contribution in [0.1, 0.15) is 24.5 Å². The molecule has 2 nitrogen and oxygen atoms in total. The van der Waals surface area contributed by atoms with Gasteiger partial charge in [0.15, 0.2) is 0 Å². The van der Waals surface area contributed by atoms with Crippen molar-refractivity contribution in [2.24, 2.45) is 5.92 Å². The summed E-state index contributed by atoms with van der Waals surface area (Å²) >= 11 is 6.12. The summed E-state index contributed by atoms with van der Waals surface area (Å²) in [6, 6.07) is 5.97. The van der Waals surface area contributed by atoms with Gasteiger partial charge in [-0.3, -0.25) is 4.79 Å². The number of rotatable bonds is 3. The number of carbonyl (C=O) groups is 1. The predicted octanol–water partition coefficient (Wildman–Crippen LogP) is 3.01. The Morgan fingerprint density at radius 3 is 3.00 bits per heavy atom. The van der Waals surface area contributed by atoms with Crippen LogP contribution in [0.25, 0.3) is 0 Å². The zero-order valence-corrected chi connectivity index (χ0v) is 10.1. The smallest absolute Gasteiger partial charge is 0.306 e. The molecule has 0 heterocycles. The zero-order chi connectivity index (χ0) is 11.5. The lowest BCUT2D eigenvalue weighted by atomic mass is 10.0. The third-order valence-electron chi connectivity index (χ3n) is 2.98. The van der Waals surface area contributed by atoms with Gasteiger partial charge in [0.2, 0.25) is 0 Å². The van der Waals surface area contributed by atoms with Crippen molar-refractivity contribution in [1.29, 1.82) is 0 Å². The third-order valence-corrected chi connectivity index (χ3v) is 3.33. The molecule has 0 saturated carbocycles. The van der Waals surface area contributed by atoms with E-state index < -0.39 is 0 Å². The van der Waals surface area contributed by atoms with Crippen molar-refractivity contribution < 1.29 is 9.53 Å². The summed E-state index contributed by atoms with van der Waals surface area (Å²) in [5.74, 6) is 0.255. The Kier molecular flexibility index (Phi) is 3.49. The van der Waals surface area contributed by atoms with Crippen LogP contribution in [0, 0.1) is 5.92 Å². The Labute approximate surface area is 101 Å². The molecule has 1 atom stereocenters. The molecule has 0 amide bonds. The first-order valence-corrected chi connectivity index (χ1v) is 6.00. The number of ether oxygens (including phenoxy) is 1. The van der Waals surface area contributed by atoms with Gasteiger partial charge >= 0.3 is 5.97 Å². The number of fused-ring (bicyclic) bond motifs is 1. The molecule has 0 aromatic heterocycles. The minimum atomic E-state index is -0.101. The topological polar surface area (TPSA) is 26.3 Å². The average Bonchev–Trinajstić information content (AvgIpc) is 2.62. The van der Waals surface area contributed by atoms with Crippen LogP contribution in [-0.2, 0) is 22.4 Å². The van der Waals surface area contributed by atoms with Crippen molar-refractivity contribution in [2.75, 3.05) is 6.61 Å². The standard InChI is InChI=1S/C13H15ClO2/c1-2-16-13(15)8-9-6-10-4-3-5-12(14)11(10)7-9/h3-5,9H,2,6-8H2,1H3. The molecule has 0 spiro atoms. The molecule has 1 aliphatic rings. The first kappa shape index (κ1) is 11.5. The van der Waals surface area contributed by atoms with Crippen LogP contribution in [0.5, 0.6) is 0 Å². The van der Waals surface area contributed by atoms with Crippen LogP contribution in [-0.4, -0.2) is 12.6 Å². The van der Waals surface area contributed by atoms with Crippen molar-refractivity contribution in [1.82, 2.24) is 0 Å². The quantitative estimate of drug-likeness (QED) is 0.757. The maximum Gasteiger partial charge on any atom is 0.306 e. The lowest BCUT2D eigenvalue weighted by Gasteiger charge is -2.07. The Hall–Kier alpha value is -1.02. The van der Waals surface area contributed by atoms with E-state index in [9.17, 15) is 4.79 Å². The van der Waals surface area contributed by atoms with Crippen molar-refractivity contribution in [3.8, 4) is 0 Å². The Morgan fingerprint density at radius 2 is 2.31 bits per heavy atom. The Balaban J connectivity index is 2.00.